The molecule has 2 rings (SSSR count). The van der Waals surface area contributed by atoms with Crippen molar-refractivity contribution in [1.29, 1.82) is 0 Å². The minimum absolute atomic E-state index is 0.191. The second-order valence-electron chi connectivity index (χ2n) is 6.04. The van der Waals surface area contributed by atoms with E-state index in [0.717, 1.165) is 6.07 Å². The van der Waals surface area contributed by atoms with Crippen molar-refractivity contribution in [3.8, 4) is 17.2 Å². The van der Waals surface area contributed by atoms with E-state index in [2.05, 4.69) is 5.32 Å². The van der Waals surface area contributed by atoms with Gasteiger partial charge in [-0.15, -0.1) is 0 Å². The molecular formula is C20H23F2NO4. The van der Waals surface area contributed by atoms with E-state index in [1.165, 1.54) is 33.5 Å². The molecule has 146 valence electrons. The van der Waals surface area contributed by atoms with Crippen LogP contribution >= 0.6 is 0 Å². The maximum Gasteiger partial charge on any atom is 0.255 e. The molecule has 0 aliphatic carbocycles. The SMILES string of the molecule is COc1ccc(C(=O)NC(C)CCc2ccc(F)c(F)c2)c(OC)c1OC. The molecule has 0 saturated heterocycles. The summed E-state index contributed by atoms with van der Waals surface area (Å²) in [7, 11) is 4.41. The first-order valence-electron chi connectivity index (χ1n) is 8.45. The third-order valence-corrected chi connectivity index (χ3v) is 4.18. The molecule has 2 aromatic carbocycles. The average Bonchev–Trinajstić information content (AvgIpc) is 2.67. The number of nitrogens with one attached hydrogen (secondary N) is 1. The lowest BCUT2D eigenvalue weighted by Gasteiger charge is -2.18. The summed E-state index contributed by atoms with van der Waals surface area (Å²) in [5.74, 6) is -1.01. The number of rotatable bonds is 8. The van der Waals surface area contributed by atoms with E-state index in [1.807, 2.05) is 6.92 Å². The Hall–Kier alpha value is -2.83. The lowest BCUT2D eigenvalue weighted by atomic mass is 10.1. The van der Waals surface area contributed by atoms with E-state index in [-0.39, 0.29) is 17.7 Å². The van der Waals surface area contributed by atoms with E-state index in [1.54, 1.807) is 12.1 Å². The van der Waals surface area contributed by atoms with Crippen molar-refractivity contribution in [3.05, 3.63) is 53.1 Å². The molecule has 1 N–H and O–H groups in total. The fourth-order valence-corrected chi connectivity index (χ4v) is 2.73. The molecule has 2 aromatic rings. The third-order valence-electron chi connectivity index (χ3n) is 4.18. The van der Waals surface area contributed by atoms with Crippen LogP contribution in [0.2, 0.25) is 0 Å². The molecule has 0 aromatic heterocycles. The zero-order valence-electron chi connectivity index (χ0n) is 15.8. The lowest BCUT2D eigenvalue weighted by molar-refractivity contribution is 0.0934. The van der Waals surface area contributed by atoms with E-state index in [4.69, 9.17) is 14.2 Å². The van der Waals surface area contributed by atoms with Crippen molar-refractivity contribution in [1.82, 2.24) is 5.32 Å². The van der Waals surface area contributed by atoms with Gasteiger partial charge in [-0.05, 0) is 49.6 Å². The topological polar surface area (TPSA) is 56.8 Å². The van der Waals surface area contributed by atoms with Crippen LogP contribution < -0.4 is 19.5 Å². The van der Waals surface area contributed by atoms with E-state index in [9.17, 15) is 13.6 Å². The zero-order chi connectivity index (χ0) is 20.0. The Kier molecular flexibility index (Phi) is 6.98. The molecule has 0 heterocycles. The summed E-state index contributed by atoms with van der Waals surface area (Å²) < 4.78 is 42.1. The molecule has 1 atom stereocenters. The summed E-state index contributed by atoms with van der Waals surface area (Å²) in [4.78, 5) is 12.6. The van der Waals surface area contributed by atoms with E-state index < -0.39 is 11.6 Å². The maximum absolute atomic E-state index is 13.3. The fourth-order valence-electron chi connectivity index (χ4n) is 2.73. The smallest absolute Gasteiger partial charge is 0.255 e. The van der Waals surface area contributed by atoms with Crippen LogP contribution in [0.15, 0.2) is 30.3 Å². The summed E-state index contributed by atoms with van der Waals surface area (Å²) in [6.07, 6.45) is 1.06. The van der Waals surface area contributed by atoms with Gasteiger partial charge in [-0.3, -0.25) is 4.79 Å². The third kappa shape index (κ3) is 4.87. The van der Waals surface area contributed by atoms with Crippen molar-refractivity contribution >= 4 is 5.91 Å². The van der Waals surface area contributed by atoms with Crippen LogP contribution in [0.4, 0.5) is 8.78 Å². The minimum Gasteiger partial charge on any atom is -0.493 e. The second-order valence-corrected chi connectivity index (χ2v) is 6.04. The van der Waals surface area contributed by atoms with Crippen LogP contribution in [0, 0.1) is 11.6 Å². The lowest BCUT2D eigenvalue weighted by Crippen LogP contribution is -2.33. The van der Waals surface area contributed by atoms with Crippen LogP contribution in [0.5, 0.6) is 17.2 Å². The summed E-state index contributed by atoms with van der Waals surface area (Å²) in [5.41, 5.74) is 0.980. The first-order chi connectivity index (χ1) is 12.9. The second kappa shape index (κ2) is 9.21. The Balaban J connectivity index is 2.06. The van der Waals surface area contributed by atoms with Gasteiger partial charge in [0.05, 0.1) is 26.9 Å². The molecule has 0 aliphatic heterocycles. The van der Waals surface area contributed by atoms with Crippen molar-refractivity contribution in [3.63, 3.8) is 0 Å². The number of hydrogen-bond donors (Lipinski definition) is 1. The van der Waals surface area contributed by atoms with E-state index in [0.29, 0.717) is 35.5 Å². The summed E-state index contributed by atoms with van der Waals surface area (Å²) in [6, 6.07) is 6.83. The Morgan fingerprint density at radius 3 is 2.30 bits per heavy atom. The monoisotopic (exact) mass is 379 g/mol. The van der Waals surface area contributed by atoms with Crippen molar-refractivity contribution < 1.29 is 27.8 Å². The van der Waals surface area contributed by atoms with Gasteiger partial charge in [-0.25, -0.2) is 8.78 Å². The van der Waals surface area contributed by atoms with E-state index >= 15 is 0 Å². The van der Waals surface area contributed by atoms with Gasteiger partial charge in [0.2, 0.25) is 5.75 Å². The number of carbonyl (C=O) groups is 1. The van der Waals surface area contributed by atoms with Gasteiger partial charge in [0, 0.05) is 6.04 Å². The Bertz CT molecular complexity index is 811. The number of benzene rings is 2. The molecule has 0 saturated carbocycles. The van der Waals surface area contributed by atoms with Crippen LogP contribution in [-0.4, -0.2) is 33.3 Å². The molecule has 0 radical (unpaired) electrons. The van der Waals surface area contributed by atoms with Gasteiger partial charge < -0.3 is 19.5 Å². The van der Waals surface area contributed by atoms with Crippen LogP contribution in [0.1, 0.15) is 29.3 Å². The molecule has 0 fully saturated rings. The number of hydrogen-bond acceptors (Lipinski definition) is 4. The van der Waals surface area contributed by atoms with Crippen molar-refractivity contribution in [2.24, 2.45) is 0 Å². The summed E-state index contributed by atoms with van der Waals surface area (Å²) >= 11 is 0. The maximum atomic E-state index is 13.3. The van der Waals surface area contributed by atoms with Gasteiger partial charge in [0.1, 0.15) is 0 Å². The highest BCUT2D eigenvalue weighted by molar-refractivity contribution is 5.98. The van der Waals surface area contributed by atoms with Gasteiger partial charge in [0.25, 0.3) is 5.91 Å². The first kappa shape index (κ1) is 20.5. The Labute approximate surface area is 157 Å². The van der Waals surface area contributed by atoms with Crippen molar-refractivity contribution in [2.75, 3.05) is 21.3 Å². The molecular weight excluding hydrogens is 356 g/mol. The van der Waals surface area contributed by atoms with Gasteiger partial charge in [0.15, 0.2) is 23.1 Å². The van der Waals surface area contributed by atoms with Crippen LogP contribution in [0.3, 0.4) is 0 Å². The summed E-state index contributed by atoms with van der Waals surface area (Å²) in [5, 5.41) is 2.87. The molecule has 27 heavy (non-hydrogen) atoms. The largest absolute Gasteiger partial charge is 0.493 e. The first-order valence-corrected chi connectivity index (χ1v) is 8.45. The highest BCUT2D eigenvalue weighted by atomic mass is 19.2. The van der Waals surface area contributed by atoms with Crippen molar-refractivity contribution in [2.45, 2.75) is 25.8 Å². The molecule has 5 nitrogen and oxygen atoms in total. The molecule has 7 heteroatoms. The van der Waals surface area contributed by atoms with Crippen LogP contribution in [0.25, 0.3) is 0 Å². The zero-order valence-corrected chi connectivity index (χ0v) is 15.8. The molecule has 0 aliphatic rings. The highest BCUT2D eigenvalue weighted by Gasteiger charge is 2.21. The van der Waals surface area contributed by atoms with Crippen LogP contribution in [-0.2, 0) is 6.42 Å². The number of ether oxygens (including phenoxy) is 3. The molecule has 1 amide bonds. The quantitative estimate of drug-likeness (QED) is 0.759. The number of methoxy groups -OCH3 is 3. The predicted molar refractivity (Wildman–Crippen MR) is 97.7 cm³/mol. The highest BCUT2D eigenvalue weighted by Crippen LogP contribution is 2.39. The number of aryl methyl sites for hydroxylation is 1. The Morgan fingerprint density at radius 1 is 1.00 bits per heavy atom. The minimum atomic E-state index is -0.876. The number of amides is 1. The van der Waals surface area contributed by atoms with Gasteiger partial charge in [-0.2, -0.15) is 0 Å². The Morgan fingerprint density at radius 2 is 1.70 bits per heavy atom. The predicted octanol–water partition coefficient (Wildman–Crippen LogP) is 3.74. The van der Waals surface area contributed by atoms with Gasteiger partial charge in [-0.1, -0.05) is 6.07 Å². The standard InChI is InChI=1S/C20H23F2NO4/c1-12(5-6-13-7-9-15(21)16(22)11-13)23-20(24)14-8-10-17(25-2)19(27-4)18(14)26-3/h7-12H,5-6H2,1-4H3,(H,23,24). The molecule has 0 bridgehead atoms. The molecule has 1 unspecified atom stereocenters. The fraction of sp³-hybridized carbons (Fsp3) is 0.350. The number of halogens is 2. The van der Waals surface area contributed by atoms with Gasteiger partial charge >= 0.3 is 0 Å². The summed E-state index contributed by atoms with van der Waals surface area (Å²) in [6.45, 7) is 1.84. The average molecular weight is 379 g/mol. The number of carbonyl (C=O) groups excluding carboxylic acids is 1. The normalized spacial score (nSPS) is 11.6. The molecule has 0 spiro atoms.